The fourth-order valence-electron chi connectivity index (χ4n) is 2.49. The Balaban J connectivity index is 1.61. The summed E-state index contributed by atoms with van der Waals surface area (Å²) in [6.07, 6.45) is 9.67. The molecule has 2 aromatic carbocycles. The lowest BCUT2D eigenvalue weighted by atomic mass is 9.96. The molecule has 0 saturated heterocycles. The van der Waals surface area contributed by atoms with Gasteiger partial charge in [-0.3, -0.25) is 0 Å². The molecule has 1 atom stereocenters. The van der Waals surface area contributed by atoms with Crippen molar-refractivity contribution in [2.45, 2.75) is 25.9 Å². The highest BCUT2D eigenvalue weighted by atomic mass is 16.5. The monoisotopic (exact) mass is 306 g/mol. The van der Waals surface area contributed by atoms with Crippen molar-refractivity contribution in [1.82, 2.24) is 0 Å². The third kappa shape index (κ3) is 7.12. The third-order valence-electron chi connectivity index (χ3n) is 3.91. The predicted octanol–water partition coefficient (Wildman–Crippen LogP) is 5.58. The fraction of sp³-hybridized carbons (Fsp3) is 0.273. The molecular formula is C22H26O. The Bertz CT molecular complexity index is 571. The maximum absolute atomic E-state index is 5.65. The van der Waals surface area contributed by atoms with Crippen LogP contribution in [0.3, 0.4) is 0 Å². The summed E-state index contributed by atoms with van der Waals surface area (Å²) >= 11 is 0. The molecule has 120 valence electrons. The quantitative estimate of drug-likeness (QED) is 0.411. The molecule has 0 fully saturated rings. The Morgan fingerprint density at radius 3 is 2.17 bits per heavy atom. The molecule has 0 aliphatic rings. The van der Waals surface area contributed by atoms with Gasteiger partial charge in [0, 0.05) is 0 Å². The van der Waals surface area contributed by atoms with Gasteiger partial charge in [-0.2, -0.15) is 0 Å². The molecule has 0 saturated carbocycles. The van der Waals surface area contributed by atoms with Crippen molar-refractivity contribution in [3.63, 3.8) is 0 Å². The lowest BCUT2D eigenvalue weighted by Crippen LogP contribution is -1.98. The summed E-state index contributed by atoms with van der Waals surface area (Å²) in [4.78, 5) is 0. The van der Waals surface area contributed by atoms with E-state index in [2.05, 4.69) is 67.3 Å². The van der Waals surface area contributed by atoms with E-state index in [4.69, 9.17) is 4.74 Å². The lowest BCUT2D eigenvalue weighted by molar-refractivity contribution is 0.148. The van der Waals surface area contributed by atoms with Crippen LogP contribution in [0.25, 0.3) is 0 Å². The highest BCUT2D eigenvalue weighted by molar-refractivity contribution is 5.15. The Morgan fingerprint density at radius 1 is 0.870 bits per heavy atom. The van der Waals surface area contributed by atoms with Crippen molar-refractivity contribution >= 4 is 0 Å². The van der Waals surface area contributed by atoms with Crippen molar-refractivity contribution in [3.05, 3.63) is 96.6 Å². The van der Waals surface area contributed by atoms with E-state index >= 15 is 0 Å². The molecule has 0 bridgehead atoms. The minimum atomic E-state index is 0.528. The lowest BCUT2D eigenvalue weighted by Gasteiger charge is -2.09. The van der Waals surface area contributed by atoms with Crippen LogP contribution in [0.5, 0.6) is 0 Å². The van der Waals surface area contributed by atoms with Crippen LogP contribution in [0, 0.1) is 5.92 Å². The van der Waals surface area contributed by atoms with Crippen LogP contribution in [-0.4, -0.2) is 6.61 Å². The van der Waals surface area contributed by atoms with Gasteiger partial charge in [0.1, 0.15) is 0 Å². The summed E-state index contributed by atoms with van der Waals surface area (Å²) < 4.78 is 5.65. The van der Waals surface area contributed by atoms with E-state index in [9.17, 15) is 0 Å². The molecule has 0 aromatic heterocycles. The van der Waals surface area contributed by atoms with Gasteiger partial charge < -0.3 is 4.74 Å². The van der Waals surface area contributed by atoms with E-state index in [0.717, 1.165) is 19.3 Å². The van der Waals surface area contributed by atoms with E-state index in [1.165, 1.54) is 11.1 Å². The number of aryl methyl sites for hydroxylation is 1. The van der Waals surface area contributed by atoms with Crippen molar-refractivity contribution in [2.75, 3.05) is 6.61 Å². The van der Waals surface area contributed by atoms with Gasteiger partial charge in [-0.05, 0) is 36.3 Å². The first-order valence-electron chi connectivity index (χ1n) is 8.31. The van der Waals surface area contributed by atoms with Crippen molar-refractivity contribution in [1.29, 1.82) is 0 Å². The summed E-state index contributed by atoms with van der Waals surface area (Å²) in [6.45, 7) is 5.30. The van der Waals surface area contributed by atoms with Crippen LogP contribution in [0.2, 0.25) is 0 Å². The highest BCUT2D eigenvalue weighted by Gasteiger charge is 2.02. The van der Waals surface area contributed by atoms with Gasteiger partial charge >= 0.3 is 0 Å². The Morgan fingerprint density at radius 2 is 1.52 bits per heavy atom. The van der Waals surface area contributed by atoms with Crippen LogP contribution >= 0.6 is 0 Å². The molecule has 2 rings (SSSR count). The van der Waals surface area contributed by atoms with Crippen LogP contribution in [0.1, 0.15) is 24.0 Å². The Hall–Kier alpha value is -2.12. The number of benzene rings is 2. The Labute approximate surface area is 140 Å². The summed E-state index contributed by atoms with van der Waals surface area (Å²) in [5.41, 5.74) is 2.61. The molecule has 0 spiro atoms. The first-order valence-corrected chi connectivity index (χ1v) is 8.31. The number of rotatable bonds is 10. The standard InChI is InChI=1S/C22H26O/c1-2-20(16-17-21-12-5-3-6-13-21)11-9-10-18-23-19-22-14-7-4-8-15-22/h2-10,12-15,20H,1,11,16-19H2/b10-9+/t20-/m0/s1. The maximum Gasteiger partial charge on any atom is 0.0721 e. The van der Waals surface area contributed by atoms with Gasteiger partial charge in [-0.25, -0.2) is 0 Å². The molecule has 0 N–H and O–H groups in total. The molecule has 0 aliphatic carbocycles. The van der Waals surface area contributed by atoms with E-state index in [0.29, 0.717) is 19.1 Å². The van der Waals surface area contributed by atoms with E-state index in [1.807, 2.05) is 18.2 Å². The second-order valence-electron chi connectivity index (χ2n) is 5.73. The molecular weight excluding hydrogens is 280 g/mol. The first kappa shape index (κ1) is 17.2. The minimum Gasteiger partial charge on any atom is -0.373 e. The normalized spacial score (nSPS) is 12.3. The zero-order chi connectivity index (χ0) is 16.2. The topological polar surface area (TPSA) is 9.23 Å². The zero-order valence-corrected chi connectivity index (χ0v) is 13.7. The second-order valence-corrected chi connectivity index (χ2v) is 5.73. The predicted molar refractivity (Wildman–Crippen MR) is 98.3 cm³/mol. The molecule has 2 aromatic rings. The van der Waals surface area contributed by atoms with E-state index < -0.39 is 0 Å². The molecule has 0 unspecified atom stereocenters. The third-order valence-corrected chi connectivity index (χ3v) is 3.91. The van der Waals surface area contributed by atoms with Gasteiger partial charge in [0.15, 0.2) is 0 Å². The summed E-state index contributed by atoms with van der Waals surface area (Å²) in [7, 11) is 0. The number of hydrogen-bond acceptors (Lipinski definition) is 1. The van der Waals surface area contributed by atoms with Crippen LogP contribution < -0.4 is 0 Å². The average Bonchev–Trinajstić information content (AvgIpc) is 2.62. The van der Waals surface area contributed by atoms with Crippen LogP contribution in [0.4, 0.5) is 0 Å². The fourth-order valence-corrected chi connectivity index (χ4v) is 2.49. The highest BCUT2D eigenvalue weighted by Crippen LogP contribution is 2.15. The van der Waals surface area contributed by atoms with E-state index in [-0.39, 0.29) is 0 Å². The molecule has 23 heavy (non-hydrogen) atoms. The SMILES string of the molecule is C=C[C@@H](C/C=C/COCc1ccccc1)CCc1ccccc1. The molecule has 0 heterocycles. The maximum atomic E-state index is 5.65. The zero-order valence-electron chi connectivity index (χ0n) is 13.7. The molecule has 1 heteroatoms. The van der Waals surface area contributed by atoms with Crippen molar-refractivity contribution < 1.29 is 4.74 Å². The van der Waals surface area contributed by atoms with Crippen molar-refractivity contribution in [3.8, 4) is 0 Å². The van der Waals surface area contributed by atoms with Crippen LogP contribution in [-0.2, 0) is 17.8 Å². The largest absolute Gasteiger partial charge is 0.373 e. The number of hydrogen-bond donors (Lipinski definition) is 0. The number of ether oxygens (including phenoxy) is 1. The van der Waals surface area contributed by atoms with Gasteiger partial charge in [0.25, 0.3) is 0 Å². The van der Waals surface area contributed by atoms with Gasteiger partial charge in [0.2, 0.25) is 0 Å². The molecule has 1 nitrogen and oxygen atoms in total. The van der Waals surface area contributed by atoms with Crippen molar-refractivity contribution in [2.24, 2.45) is 5.92 Å². The van der Waals surface area contributed by atoms with Crippen LogP contribution in [0.15, 0.2) is 85.5 Å². The first-order chi connectivity index (χ1) is 11.4. The summed E-state index contributed by atoms with van der Waals surface area (Å²) in [5.74, 6) is 0.528. The second kappa shape index (κ2) is 10.6. The smallest absolute Gasteiger partial charge is 0.0721 e. The minimum absolute atomic E-state index is 0.528. The number of allylic oxidation sites excluding steroid dienone is 2. The van der Waals surface area contributed by atoms with Gasteiger partial charge in [-0.15, -0.1) is 6.58 Å². The summed E-state index contributed by atoms with van der Waals surface area (Å²) in [6, 6.07) is 20.9. The Kier molecular flexibility index (Phi) is 7.93. The summed E-state index contributed by atoms with van der Waals surface area (Å²) in [5, 5.41) is 0. The molecule has 0 amide bonds. The van der Waals surface area contributed by atoms with Gasteiger partial charge in [0.05, 0.1) is 13.2 Å². The molecule has 0 aliphatic heterocycles. The van der Waals surface area contributed by atoms with Gasteiger partial charge in [-0.1, -0.05) is 78.9 Å². The average molecular weight is 306 g/mol. The molecule has 0 radical (unpaired) electrons. The van der Waals surface area contributed by atoms with E-state index in [1.54, 1.807) is 0 Å².